The Kier molecular flexibility index (Phi) is 5.19. The van der Waals surface area contributed by atoms with Gasteiger partial charge in [-0.2, -0.15) is 0 Å². The van der Waals surface area contributed by atoms with Crippen molar-refractivity contribution in [3.05, 3.63) is 113 Å². The lowest BCUT2D eigenvalue weighted by Crippen LogP contribution is -2.74. The molecule has 152 valence electrons. The van der Waals surface area contributed by atoms with Crippen LogP contribution in [0.15, 0.2) is 102 Å². The van der Waals surface area contributed by atoms with Crippen LogP contribution < -0.4 is 15.6 Å². The molecule has 0 amide bonds. The number of aryl methyl sites for hydroxylation is 2. The quantitative estimate of drug-likeness (QED) is 0.376. The summed E-state index contributed by atoms with van der Waals surface area (Å²) in [7, 11) is -2.49. The molecule has 3 aromatic carbocycles. The lowest BCUT2D eigenvalue weighted by atomic mass is 10.0. The Bertz CT molecular complexity index is 1080. The van der Waals surface area contributed by atoms with Crippen LogP contribution in [-0.2, 0) is 0 Å². The summed E-state index contributed by atoms with van der Waals surface area (Å²) in [5.41, 5.74) is 7.19. The first-order valence-electron chi connectivity index (χ1n) is 10.9. The fourth-order valence-electron chi connectivity index (χ4n) is 5.82. The minimum Gasteiger partial charge on any atom is -0.0730 e. The molecule has 30 heavy (non-hydrogen) atoms. The van der Waals surface area contributed by atoms with Crippen molar-refractivity contribution in [2.45, 2.75) is 46.6 Å². The van der Waals surface area contributed by atoms with E-state index in [2.05, 4.69) is 126 Å². The number of hydrogen-bond acceptors (Lipinski definition) is 0. The summed E-state index contributed by atoms with van der Waals surface area (Å²) in [5, 5.41) is 4.48. The standard InChI is InChI=1S/C29H32Si/c1-21-14-13-15-22(2)28(21)30(26-16-9-7-10-17-26,27-18-11-8-12-19-27)29(6)20-23(3)24(4)25(29)5/h7-20H,1-6H3. The van der Waals surface area contributed by atoms with E-state index >= 15 is 0 Å². The monoisotopic (exact) mass is 408 g/mol. The second kappa shape index (κ2) is 7.56. The summed E-state index contributed by atoms with van der Waals surface area (Å²) in [6, 6.07) is 29.5. The van der Waals surface area contributed by atoms with Gasteiger partial charge in [0.25, 0.3) is 0 Å². The minimum absolute atomic E-state index is 0.0409. The van der Waals surface area contributed by atoms with Crippen LogP contribution in [0.2, 0.25) is 5.04 Å². The fraction of sp³-hybridized carbons (Fsp3) is 0.241. The van der Waals surface area contributed by atoms with Gasteiger partial charge in [0.15, 0.2) is 8.07 Å². The van der Waals surface area contributed by atoms with Gasteiger partial charge in [-0.25, -0.2) is 0 Å². The topological polar surface area (TPSA) is 0 Å². The fourth-order valence-corrected chi connectivity index (χ4v) is 12.4. The Morgan fingerprint density at radius 2 is 1.07 bits per heavy atom. The lowest BCUT2D eigenvalue weighted by Gasteiger charge is -2.48. The maximum atomic E-state index is 2.58. The van der Waals surface area contributed by atoms with Gasteiger partial charge in [-0.1, -0.05) is 114 Å². The van der Waals surface area contributed by atoms with E-state index < -0.39 is 8.07 Å². The van der Waals surface area contributed by atoms with Gasteiger partial charge < -0.3 is 0 Å². The average molecular weight is 409 g/mol. The molecule has 0 N–H and O–H groups in total. The van der Waals surface area contributed by atoms with Crippen molar-refractivity contribution >= 4 is 23.6 Å². The highest BCUT2D eigenvalue weighted by Gasteiger charge is 2.56. The largest absolute Gasteiger partial charge is 0.162 e. The van der Waals surface area contributed by atoms with Gasteiger partial charge in [0, 0.05) is 5.04 Å². The van der Waals surface area contributed by atoms with Crippen LogP contribution >= 0.6 is 0 Å². The average Bonchev–Trinajstić information content (AvgIpc) is 2.95. The molecule has 1 aliphatic rings. The molecule has 1 unspecified atom stereocenters. The van der Waals surface area contributed by atoms with Gasteiger partial charge in [0.05, 0.1) is 0 Å². The van der Waals surface area contributed by atoms with E-state index in [1.807, 2.05) is 0 Å². The predicted molar refractivity (Wildman–Crippen MR) is 134 cm³/mol. The van der Waals surface area contributed by atoms with Crippen molar-refractivity contribution in [3.8, 4) is 0 Å². The zero-order valence-corrected chi connectivity index (χ0v) is 20.1. The van der Waals surface area contributed by atoms with E-state index in [9.17, 15) is 0 Å². The molecule has 0 aliphatic heterocycles. The van der Waals surface area contributed by atoms with E-state index in [0.717, 1.165) is 0 Å². The van der Waals surface area contributed by atoms with Crippen molar-refractivity contribution in [2.24, 2.45) is 0 Å². The zero-order valence-electron chi connectivity index (χ0n) is 19.1. The summed E-state index contributed by atoms with van der Waals surface area (Å²) in [6.07, 6.45) is 2.58. The van der Waals surface area contributed by atoms with Crippen molar-refractivity contribution in [2.75, 3.05) is 0 Å². The maximum absolute atomic E-state index is 2.58. The third kappa shape index (κ3) is 2.80. The normalized spacial score (nSPS) is 19.2. The number of benzene rings is 3. The molecule has 1 atom stereocenters. The first kappa shape index (κ1) is 20.6. The van der Waals surface area contributed by atoms with Crippen LogP contribution in [0.4, 0.5) is 0 Å². The first-order valence-corrected chi connectivity index (χ1v) is 12.9. The SMILES string of the molecule is CC1=CC(C)([Si](c2ccccc2)(c2ccccc2)c2c(C)cccc2C)C(C)=C1C. The number of rotatable bonds is 4. The summed E-state index contributed by atoms with van der Waals surface area (Å²) in [4.78, 5) is 0. The Hall–Kier alpha value is -2.64. The van der Waals surface area contributed by atoms with E-state index in [-0.39, 0.29) is 5.04 Å². The van der Waals surface area contributed by atoms with Gasteiger partial charge >= 0.3 is 0 Å². The molecule has 0 fully saturated rings. The molecule has 0 aromatic heterocycles. The number of hydrogen-bond donors (Lipinski definition) is 0. The van der Waals surface area contributed by atoms with E-state index in [1.165, 1.54) is 38.2 Å². The van der Waals surface area contributed by atoms with Crippen LogP contribution in [-0.4, -0.2) is 8.07 Å². The molecule has 0 saturated carbocycles. The van der Waals surface area contributed by atoms with Crippen LogP contribution in [0.5, 0.6) is 0 Å². The second-order valence-corrected chi connectivity index (χ2v) is 13.2. The highest BCUT2D eigenvalue weighted by molar-refractivity contribution is 7.14. The molecule has 1 heteroatoms. The summed E-state index contributed by atoms with van der Waals surface area (Å²) >= 11 is 0. The van der Waals surface area contributed by atoms with Gasteiger partial charge in [-0.15, -0.1) is 0 Å². The third-order valence-electron chi connectivity index (χ3n) is 7.49. The van der Waals surface area contributed by atoms with Gasteiger partial charge in [0.1, 0.15) is 0 Å². The molecule has 4 rings (SSSR count). The summed E-state index contributed by atoms with van der Waals surface area (Å²) in [5.74, 6) is 0. The summed E-state index contributed by atoms with van der Waals surface area (Å²) < 4.78 is 0. The smallest absolute Gasteiger partial charge is 0.0730 e. The Labute approximate surface area is 183 Å². The molecule has 0 bridgehead atoms. The van der Waals surface area contributed by atoms with Crippen molar-refractivity contribution in [3.63, 3.8) is 0 Å². The van der Waals surface area contributed by atoms with Gasteiger partial charge in [-0.3, -0.25) is 0 Å². The lowest BCUT2D eigenvalue weighted by molar-refractivity contribution is 0.869. The maximum Gasteiger partial charge on any atom is 0.162 e. The zero-order chi connectivity index (χ0) is 21.5. The third-order valence-corrected chi connectivity index (χ3v) is 13.5. The highest BCUT2D eigenvalue weighted by atomic mass is 28.3. The molecule has 0 spiro atoms. The molecular formula is C29H32Si. The van der Waals surface area contributed by atoms with Crippen LogP contribution in [0.25, 0.3) is 0 Å². The van der Waals surface area contributed by atoms with E-state index in [1.54, 1.807) is 5.19 Å². The number of allylic oxidation sites excluding steroid dienone is 4. The van der Waals surface area contributed by atoms with E-state index in [0.29, 0.717) is 0 Å². The van der Waals surface area contributed by atoms with E-state index in [4.69, 9.17) is 0 Å². The predicted octanol–water partition coefficient (Wildman–Crippen LogP) is 5.83. The Morgan fingerprint density at radius 3 is 1.47 bits per heavy atom. The van der Waals surface area contributed by atoms with Crippen LogP contribution in [0.1, 0.15) is 38.8 Å². The van der Waals surface area contributed by atoms with Crippen molar-refractivity contribution < 1.29 is 0 Å². The molecule has 3 aromatic rings. The molecule has 1 aliphatic carbocycles. The van der Waals surface area contributed by atoms with Gasteiger partial charge in [-0.05, 0) is 55.8 Å². The molecule has 0 radical (unpaired) electrons. The Balaban J connectivity index is 2.26. The molecular weight excluding hydrogens is 376 g/mol. The van der Waals surface area contributed by atoms with Crippen molar-refractivity contribution in [1.29, 1.82) is 0 Å². The second-order valence-electron chi connectivity index (χ2n) is 9.03. The van der Waals surface area contributed by atoms with Gasteiger partial charge in [0.2, 0.25) is 0 Å². The minimum atomic E-state index is -2.49. The molecule has 0 heterocycles. The molecule has 0 saturated heterocycles. The van der Waals surface area contributed by atoms with Crippen molar-refractivity contribution in [1.82, 2.24) is 0 Å². The first-order chi connectivity index (χ1) is 14.3. The van der Waals surface area contributed by atoms with Crippen LogP contribution in [0, 0.1) is 13.8 Å². The highest BCUT2D eigenvalue weighted by Crippen LogP contribution is 2.53. The summed E-state index contributed by atoms with van der Waals surface area (Å²) in [6.45, 7) is 14.0. The Morgan fingerprint density at radius 1 is 0.600 bits per heavy atom. The molecule has 0 nitrogen and oxygen atoms in total. The van der Waals surface area contributed by atoms with Crippen LogP contribution in [0.3, 0.4) is 0 Å².